The lowest BCUT2D eigenvalue weighted by atomic mass is 10.3. The summed E-state index contributed by atoms with van der Waals surface area (Å²) in [6, 6.07) is 0. The summed E-state index contributed by atoms with van der Waals surface area (Å²) >= 11 is 0. The molecule has 1 N–H and O–H groups in total. The van der Waals surface area contributed by atoms with Crippen molar-refractivity contribution in [3.63, 3.8) is 0 Å². The molecule has 0 fully saturated rings. The zero-order valence-electron chi connectivity index (χ0n) is 6.12. The van der Waals surface area contributed by atoms with Crippen molar-refractivity contribution in [1.82, 2.24) is 5.06 Å². The second-order valence-corrected chi connectivity index (χ2v) is 2.21. The first-order valence-electron chi connectivity index (χ1n) is 3.36. The SMILES string of the molecule is ON1C=NC=C2N=CC=NC=C21. The van der Waals surface area contributed by atoms with Crippen LogP contribution in [-0.4, -0.2) is 29.0 Å². The lowest BCUT2D eigenvalue weighted by Gasteiger charge is -2.16. The molecule has 12 heavy (non-hydrogen) atoms. The summed E-state index contributed by atoms with van der Waals surface area (Å²) in [5.41, 5.74) is 1.12. The Morgan fingerprint density at radius 1 is 1.17 bits per heavy atom. The summed E-state index contributed by atoms with van der Waals surface area (Å²) in [6.45, 7) is 0. The molecule has 0 atom stereocenters. The third kappa shape index (κ3) is 1.06. The Morgan fingerprint density at radius 3 is 3.00 bits per heavy atom. The van der Waals surface area contributed by atoms with Crippen LogP contribution in [0.3, 0.4) is 0 Å². The number of hydrogen-bond acceptors (Lipinski definition) is 5. The van der Waals surface area contributed by atoms with Crippen LogP contribution in [0.2, 0.25) is 0 Å². The smallest absolute Gasteiger partial charge is 0.121 e. The van der Waals surface area contributed by atoms with Gasteiger partial charge < -0.3 is 0 Å². The van der Waals surface area contributed by atoms with Crippen molar-refractivity contribution >= 4 is 18.8 Å². The predicted molar refractivity (Wildman–Crippen MR) is 45.3 cm³/mol. The molecule has 60 valence electrons. The van der Waals surface area contributed by atoms with Gasteiger partial charge in [0.2, 0.25) is 0 Å². The summed E-state index contributed by atoms with van der Waals surface area (Å²) in [4.78, 5) is 11.6. The summed E-state index contributed by atoms with van der Waals surface area (Å²) in [5, 5.41) is 10.1. The lowest BCUT2D eigenvalue weighted by Crippen LogP contribution is -2.19. The van der Waals surface area contributed by atoms with Gasteiger partial charge in [-0.25, -0.2) is 10.1 Å². The summed E-state index contributed by atoms with van der Waals surface area (Å²) in [6.07, 6.45) is 7.45. The van der Waals surface area contributed by atoms with Crippen LogP contribution in [0.5, 0.6) is 0 Å². The van der Waals surface area contributed by atoms with Crippen LogP contribution in [0, 0.1) is 0 Å². The number of aliphatic imine (C=N–C) groups is 3. The Hall–Kier alpha value is -1.75. The van der Waals surface area contributed by atoms with Gasteiger partial charge in [0.25, 0.3) is 0 Å². The van der Waals surface area contributed by atoms with Gasteiger partial charge in [-0.1, -0.05) is 0 Å². The molecule has 0 bridgehead atoms. The van der Waals surface area contributed by atoms with E-state index in [1.165, 1.54) is 12.5 Å². The van der Waals surface area contributed by atoms with Gasteiger partial charge in [0, 0.05) is 12.4 Å². The van der Waals surface area contributed by atoms with E-state index in [9.17, 15) is 5.21 Å². The first-order chi connectivity index (χ1) is 5.88. The number of nitrogens with zero attached hydrogens (tertiary/aromatic N) is 4. The fraction of sp³-hybridized carbons (Fsp3) is 0. The van der Waals surface area contributed by atoms with Crippen molar-refractivity contribution < 1.29 is 5.21 Å². The van der Waals surface area contributed by atoms with Crippen molar-refractivity contribution in [2.75, 3.05) is 0 Å². The zero-order valence-corrected chi connectivity index (χ0v) is 6.12. The van der Waals surface area contributed by atoms with Crippen molar-refractivity contribution in [2.45, 2.75) is 0 Å². The molecule has 2 rings (SSSR count). The molecule has 0 spiro atoms. The second kappa shape index (κ2) is 2.71. The normalized spacial score (nSPS) is 19.9. The number of rotatable bonds is 0. The highest BCUT2D eigenvalue weighted by molar-refractivity contribution is 6.16. The van der Waals surface area contributed by atoms with E-state index in [4.69, 9.17) is 0 Å². The average Bonchev–Trinajstić information content (AvgIpc) is 2.30. The molecule has 0 amide bonds. The quantitative estimate of drug-likeness (QED) is 0.565. The number of fused-ring (bicyclic) bond motifs is 1. The maximum absolute atomic E-state index is 9.26. The molecule has 0 aromatic carbocycles. The first kappa shape index (κ1) is 6.93. The highest BCUT2D eigenvalue weighted by Gasteiger charge is 2.13. The molecule has 2 aliphatic heterocycles. The van der Waals surface area contributed by atoms with Crippen LogP contribution >= 0.6 is 0 Å². The lowest BCUT2D eigenvalue weighted by molar-refractivity contribution is 0.0300. The van der Waals surface area contributed by atoms with Gasteiger partial charge in [-0.05, 0) is 0 Å². The molecule has 0 unspecified atom stereocenters. The van der Waals surface area contributed by atoms with E-state index in [-0.39, 0.29) is 0 Å². The largest absolute Gasteiger partial charge is 0.282 e. The van der Waals surface area contributed by atoms with Gasteiger partial charge >= 0.3 is 0 Å². The molecule has 0 aromatic rings. The van der Waals surface area contributed by atoms with Crippen LogP contribution in [0.4, 0.5) is 0 Å². The van der Waals surface area contributed by atoms with E-state index in [0.29, 0.717) is 11.4 Å². The number of hydroxylamine groups is 2. The van der Waals surface area contributed by atoms with Crippen molar-refractivity contribution in [3.8, 4) is 0 Å². The fourth-order valence-electron chi connectivity index (χ4n) is 0.903. The first-order valence-corrected chi connectivity index (χ1v) is 3.36. The van der Waals surface area contributed by atoms with Gasteiger partial charge in [0.1, 0.15) is 17.7 Å². The summed E-state index contributed by atoms with van der Waals surface area (Å²) < 4.78 is 0. The van der Waals surface area contributed by atoms with Crippen molar-refractivity contribution in [3.05, 3.63) is 23.8 Å². The molecule has 0 saturated heterocycles. The Bertz CT molecular complexity index is 337. The van der Waals surface area contributed by atoms with Gasteiger partial charge in [-0.2, -0.15) is 0 Å². The zero-order chi connectivity index (χ0) is 8.39. The van der Waals surface area contributed by atoms with Gasteiger partial charge in [0.15, 0.2) is 0 Å². The molecule has 5 nitrogen and oxygen atoms in total. The minimum Gasteiger partial charge on any atom is -0.282 e. The molecule has 2 heterocycles. The van der Waals surface area contributed by atoms with Crippen molar-refractivity contribution in [1.29, 1.82) is 0 Å². The fourth-order valence-corrected chi connectivity index (χ4v) is 0.903. The van der Waals surface area contributed by atoms with E-state index in [0.717, 1.165) is 5.06 Å². The average molecular weight is 162 g/mol. The van der Waals surface area contributed by atoms with Crippen LogP contribution in [0.25, 0.3) is 0 Å². The van der Waals surface area contributed by atoms with E-state index >= 15 is 0 Å². The van der Waals surface area contributed by atoms with E-state index < -0.39 is 0 Å². The third-order valence-electron chi connectivity index (χ3n) is 1.45. The molecule has 0 aromatic heterocycles. The highest BCUT2D eigenvalue weighted by atomic mass is 16.5. The van der Waals surface area contributed by atoms with Gasteiger partial charge in [0.05, 0.1) is 12.4 Å². The molecule has 0 saturated carbocycles. The minimum atomic E-state index is 0.523. The highest BCUT2D eigenvalue weighted by Crippen LogP contribution is 2.18. The van der Waals surface area contributed by atoms with E-state index in [1.807, 2.05) is 0 Å². The van der Waals surface area contributed by atoms with Crippen LogP contribution in [-0.2, 0) is 0 Å². The van der Waals surface area contributed by atoms with E-state index in [2.05, 4.69) is 15.0 Å². The maximum Gasteiger partial charge on any atom is 0.121 e. The standard InChI is InChI=1S/C7H6N4O/c12-11-5-9-3-6-7(11)4-8-1-2-10-6/h1-5,12H. The van der Waals surface area contributed by atoms with Crippen LogP contribution < -0.4 is 0 Å². The second-order valence-electron chi connectivity index (χ2n) is 2.21. The van der Waals surface area contributed by atoms with Crippen molar-refractivity contribution in [2.24, 2.45) is 15.0 Å². The maximum atomic E-state index is 9.26. The number of hydrogen-bond donors (Lipinski definition) is 1. The molecule has 0 aliphatic carbocycles. The minimum absolute atomic E-state index is 0.523. The molecule has 2 aliphatic rings. The Morgan fingerprint density at radius 2 is 2.08 bits per heavy atom. The van der Waals surface area contributed by atoms with Crippen LogP contribution in [0.1, 0.15) is 0 Å². The Balaban J connectivity index is 2.46. The predicted octanol–water partition coefficient (Wildman–Crippen LogP) is 0.558. The molecule has 0 radical (unpaired) electrons. The monoisotopic (exact) mass is 162 g/mol. The van der Waals surface area contributed by atoms with Gasteiger partial charge in [-0.3, -0.25) is 15.2 Å². The van der Waals surface area contributed by atoms with Gasteiger partial charge in [-0.15, -0.1) is 0 Å². The third-order valence-corrected chi connectivity index (χ3v) is 1.45. The summed E-state index contributed by atoms with van der Waals surface area (Å²) in [7, 11) is 0. The summed E-state index contributed by atoms with van der Waals surface area (Å²) in [5.74, 6) is 0. The Labute approximate surface area is 68.7 Å². The topological polar surface area (TPSA) is 60.5 Å². The molecular formula is C7H6N4O. The Kier molecular flexibility index (Phi) is 1.56. The van der Waals surface area contributed by atoms with E-state index in [1.54, 1.807) is 18.6 Å². The molecular weight excluding hydrogens is 156 g/mol. The molecule has 5 heteroatoms. The van der Waals surface area contributed by atoms with Crippen LogP contribution in [0.15, 0.2) is 38.8 Å².